The average molecular weight is 362 g/mol. The van der Waals surface area contributed by atoms with Crippen molar-refractivity contribution in [3.63, 3.8) is 0 Å². The largest absolute Gasteiger partial charge is 0.331 e. The Kier molecular flexibility index (Phi) is 5.47. The van der Waals surface area contributed by atoms with Gasteiger partial charge in [-0.1, -0.05) is 40.2 Å². The standard InChI is InChI=1S/C16H16BrN3S/c1-11-4-3-5-15(12(11)2)19-16(21)20-18-10-13-6-8-14(17)9-7-13/h3-10H,1-2H3,(H2,19,20,21). The van der Waals surface area contributed by atoms with Gasteiger partial charge in [0.1, 0.15) is 0 Å². The highest BCUT2D eigenvalue weighted by molar-refractivity contribution is 9.10. The Morgan fingerprint density at radius 2 is 1.86 bits per heavy atom. The van der Waals surface area contributed by atoms with Crippen molar-refractivity contribution in [2.75, 3.05) is 5.32 Å². The predicted octanol–water partition coefficient (Wildman–Crippen LogP) is 4.39. The van der Waals surface area contributed by atoms with Crippen molar-refractivity contribution in [3.05, 3.63) is 63.6 Å². The van der Waals surface area contributed by atoms with Gasteiger partial charge in [-0.25, -0.2) is 0 Å². The fourth-order valence-corrected chi connectivity index (χ4v) is 2.18. The molecule has 0 aliphatic carbocycles. The summed E-state index contributed by atoms with van der Waals surface area (Å²) in [7, 11) is 0. The minimum atomic E-state index is 0.470. The predicted molar refractivity (Wildman–Crippen MR) is 97.0 cm³/mol. The van der Waals surface area contributed by atoms with Crippen LogP contribution in [0, 0.1) is 13.8 Å². The number of hydrogen-bond donors (Lipinski definition) is 2. The van der Waals surface area contributed by atoms with Crippen LogP contribution >= 0.6 is 28.1 Å². The van der Waals surface area contributed by atoms with E-state index >= 15 is 0 Å². The van der Waals surface area contributed by atoms with Crippen LogP contribution in [0.15, 0.2) is 52.0 Å². The first-order chi connectivity index (χ1) is 10.1. The Bertz CT molecular complexity index is 666. The second kappa shape index (κ2) is 7.33. The van der Waals surface area contributed by atoms with E-state index in [0.29, 0.717) is 5.11 Å². The van der Waals surface area contributed by atoms with E-state index in [0.717, 1.165) is 15.7 Å². The monoisotopic (exact) mass is 361 g/mol. The molecular weight excluding hydrogens is 346 g/mol. The molecule has 0 heterocycles. The van der Waals surface area contributed by atoms with Gasteiger partial charge in [0, 0.05) is 10.2 Å². The Morgan fingerprint density at radius 1 is 1.14 bits per heavy atom. The topological polar surface area (TPSA) is 36.4 Å². The van der Waals surface area contributed by atoms with Crippen molar-refractivity contribution in [2.24, 2.45) is 5.10 Å². The lowest BCUT2D eigenvalue weighted by molar-refractivity contribution is 1.05. The lowest BCUT2D eigenvalue weighted by atomic mass is 10.1. The van der Waals surface area contributed by atoms with Crippen molar-refractivity contribution in [2.45, 2.75) is 13.8 Å². The van der Waals surface area contributed by atoms with E-state index in [-0.39, 0.29) is 0 Å². The summed E-state index contributed by atoms with van der Waals surface area (Å²) in [5, 5.41) is 7.74. The average Bonchev–Trinajstić information content (AvgIpc) is 2.46. The van der Waals surface area contributed by atoms with Crippen LogP contribution in [0.1, 0.15) is 16.7 Å². The summed E-state index contributed by atoms with van der Waals surface area (Å²) < 4.78 is 1.04. The number of nitrogens with zero attached hydrogens (tertiary/aromatic N) is 1. The number of hydrogen-bond acceptors (Lipinski definition) is 2. The molecule has 0 bridgehead atoms. The van der Waals surface area contributed by atoms with Crippen LogP contribution < -0.4 is 10.7 Å². The van der Waals surface area contributed by atoms with Crippen LogP contribution in [0.4, 0.5) is 5.69 Å². The third-order valence-electron chi connectivity index (χ3n) is 3.10. The summed E-state index contributed by atoms with van der Waals surface area (Å²) in [6.07, 6.45) is 1.73. The first kappa shape index (κ1) is 15.7. The first-order valence-electron chi connectivity index (χ1n) is 6.48. The van der Waals surface area contributed by atoms with Gasteiger partial charge in [0.15, 0.2) is 5.11 Å². The Hall–Kier alpha value is -1.72. The number of hydrazone groups is 1. The van der Waals surface area contributed by atoms with Crippen LogP contribution in [0.2, 0.25) is 0 Å². The number of aryl methyl sites for hydroxylation is 1. The van der Waals surface area contributed by atoms with Gasteiger partial charge in [0.25, 0.3) is 0 Å². The minimum absolute atomic E-state index is 0.470. The molecule has 2 N–H and O–H groups in total. The molecule has 2 aromatic carbocycles. The summed E-state index contributed by atoms with van der Waals surface area (Å²) in [6.45, 7) is 4.13. The van der Waals surface area contributed by atoms with Crippen LogP contribution in [-0.4, -0.2) is 11.3 Å². The van der Waals surface area contributed by atoms with Crippen LogP contribution in [0.5, 0.6) is 0 Å². The summed E-state index contributed by atoms with van der Waals surface area (Å²) in [5.74, 6) is 0. The fraction of sp³-hybridized carbons (Fsp3) is 0.125. The third kappa shape index (κ3) is 4.65. The molecule has 0 amide bonds. The van der Waals surface area contributed by atoms with Crippen molar-refractivity contribution >= 4 is 45.2 Å². The van der Waals surface area contributed by atoms with E-state index in [2.05, 4.69) is 51.7 Å². The van der Waals surface area contributed by atoms with Gasteiger partial charge in [-0.2, -0.15) is 5.10 Å². The highest BCUT2D eigenvalue weighted by Gasteiger charge is 2.01. The van der Waals surface area contributed by atoms with Crippen LogP contribution in [0.25, 0.3) is 0 Å². The molecule has 108 valence electrons. The van der Waals surface area contributed by atoms with Crippen LogP contribution in [0.3, 0.4) is 0 Å². The van der Waals surface area contributed by atoms with Gasteiger partial charge in [-0.05, 0) is 61.0 Å². The van der Waals surface area contributed by atoms with E-state index in [9.17, 15) is 0 Å². The smallest absolute Gasteiger partial charge is 0.191 e. The summed E-state index contributed by atoms with van der Waals surface area (Å²) in [4.78, 5) is 0. The maximum absolute atomic E-state index is 5.23. The van der Waals surface area contributed by atoms with Gasteiger partial charge >= 0.3 is 0 Å². The number of benzene rings is 2. The molecule has 0 spiro atoms. The number of rotatable bonds is 3. The maximum atomic E-state index is 5.23. The molecule has 0 saturated carbocycles. The summed E-state index contributed by atoms with van der Waals surface area (Å²) >= 11 is 8.63. The molecule has 0 aromatic heterocycles. The zero-order valence-corrected chi connectivity index (χ0v) is 14.3. The molecule has 2 aromatic rings. The van der Waals surface area contributed by atoms with E-state index in [1.807, 2.05) is 36.4 Å². The van der Waals surface area contributed by atoms with E-state index < -0.39 is 0 Å². The molecule has 0 fully saturated rings. The Labute approximate surface area is 138 Å². The molecule has 2 rings (SSSR count). The Balaban J connectivity index is 1.93. The zero-order chi connectivity index (χ0) is 15.2. The van der Waals surface area contributed by atoms with E-state index in [1.54, 1.807) is 6.21 Å². The van der Waals surface area contributed by atoms with Crippen molar-refractivity contribution in [1.29, 1.82) is 0 Å². The second-order valence-electron chi connectivity index (χ2n) is 4.62. The molecule has 0 unspecified atom stereocenters. The lowest BCUT2D eigenvalue weighted by Gasteiger charge is -2.11. The van der Waals surface area contributed by atoms with Crippen molar-refractivity contribution in [1.82, 2.24) is 5.43 Å². The molecule has 21 heavy (non-hydrogen) atoms. The van der Waals surface area contributed by atoms with Crippen molar-refractivity contribution < 1.29 is 0 Å². The summed E-state index contributed by atoms with van der Waals surface area (Å²) in [5.41, 5.74) is 7.21. The van der Waals surface area contributed by atoms with Crippen molar-refractivity contribution in [3.8, 4) is 0 Å². The van der Waals surface area contributed by atoms with Crippen LogP contribution in [-0.2, 0) is 0 Å². The number of nitrogens with one attached hydrogen (secondary N) is 2. The molecule has 0 aliphatic rings. The SMILES string of the molecule is Cc1cccc(NC(=S)NN=Cc2ccc(Br)cc2)c1C. The van der Waals surface area contributed by atoms with E-state index in [1.165, 1.54) is 11.1 Å². The lowest BCUT2D eigenvalue weighted by Crippen LogP contribution is -2.24. The molecule has 0 saturated heterocycles. The molecular formula is C16H16BrN3S. The van der Waals surface area contributed by atoms with Gasteiger partial charge < -0.3 is 5.32 Å². The highest BCUT2D eigenvalue weighted by Crippen LogP contribution is 2.17. The van der Waals surface area contributed by atoms with Gasteiger partial charge in [0.2, 0.25) is 0 Å². The quantitative estimate of drug-likeness (QED) is 0.483. The van der Waals surface area contributed by atoms with Gasteiger partial charge in [-0.3, -0.25) is 5.43 Å². The zero-order valence-electron chi connectivity index (χ0n) is 11.9. The highest BCUT2D eigenvalue weighted by atomic mass is 79.9. The summed E-state index contributed by atoms with van der Waals surface area (Å²) in [6, 6.07) is 13.9. The third-order valence-corrected chi connectivity index (χ3v) is 3.82. The molecule has 0 atom stereocenters. The first-order valence-corrected chi connectivity index (χ1v) is 7.68. The normalized spacial score (nSPS) is 10.6. The fourth-order valence-electron chi connectivity index (χ4n) is 1.75. The van der Waals surface area contributed by atoms with Gasteiger partial charge in [-0.15, -0.1) is 0 Å². The number of thiocarbonyl (C=S) groups is 1. The minimum Gasteiger partial charge on any atom is -0.331 e. The molecule has 5 heteroatoms. The van der Waals surface area contributed by atoms with Gasteiger partial charge in [0.05, 0.1) is 6.21 Å². The molecule has 0 radical (unpaired) electrons. The number of halogens is 1. The molecule has 3 nitrogen and oxygen atoms in total. The maximum Gasteiger partial charge on any atom is 0.191 e. The van der Waals surface area contributed by atoms with E-state index in [4.69, 9.17) is 12.2 Å². The Morgan fingerprint density at radius 3 is 2.57 bits per heavy atom. The second-order valence-corrected chi connectivity index (χ2v) is 5.95. The number of anilines is 1. The molecule has 0 aliphatic heterocycles.